The lowest BCUT2D eigenvalue weighted by Gasteiger charge is -2.07. The van der Waals surface area contributed by atoms with E-state index in [0.717, 1.165) is 0 Å². The van der Waals surface area contributed by atoms with Crippen LogP contribution in [-0.2, 0) is 0 Å². The number of furan rings is 1. The van der Waals surface area contributed by atoms with Gasteiger partial charge in [0.1, 0.15) is 5.69 Å². The summed E-state index contributed by atoms with van der Waals surface area (Å²) in [5, 5.41) is 17.9. The highest BCUT2D eigenvalue weighted by Crippen LogP contribution is 2.28. The number of hydrogen-bond acceptors (Lipinski definition) is 7. The van der Waals surface area contributed by atoms with Gasteiger partial charge in [0.15, 0.2) is 5.76 Å². The fourth-order valence-electron chi connectivity index (χ4n) is 2.72. The molecule has 0 spiro atoms. The van der Waals surface area contributed by atoms with E-state index < -0.39 is 10.8 Å². The van der Waals surface area contributed by atoms with Crippen LogP contribution in [0.3, 0.4) is 0 Å². The number of aromatic nitrogens is 2. The van der Waals surface area contributed by atoms with Crippen LogP contribution in [0.25, 0.3) is 22.6 Å². The molecule has 0 aliphatic carbocycles. The highest BCUT2D eigenvalue weighted by atomic mass is 16.6. The minimum atomic E-state index is -0.528. The molecule has 0 fully saturated rings. The topological polar surface area (TPSA) is 124 Å². The molecule has 0 radical (unpaired) electrons. The second-order valence-electron chi connectivity index (χ2n) is 5.74. The molecule has 4 aromatic rings. The van der Waals surface area contributed by atoms with Crippen LogP contribution in [0.5, 0.6) is 0 Å². The molecule has 0 saturated heterocycles. The fourth-order valence-corrected chi connectivity index (χ4v) is 2.72. The van der Waals surface area contributed by atoms with E-state index in [0.29, 0.717) is 28.2 Å². The maximum Gasteiger partial charge on any atom is 0.271 e. The summed E-state index contributed by atoms with van der Waals surface area (Å²) in [4.78, 5) is 27.6. The Hall–Kier alpha value is -4.01. The van der Waals surface area contributed by atoms with E-state index in [-0.39, 0.29) is 17.0 Å². The number of carbonyl (C=O) groups excluding carboxylic acids is 1. The zero-order valence-electron chi connectivity index (χ0n) is 14.0. The average molecular weight is 364 g/mol. The van der Waals surface area contributed by atoms with E-state index in [2.05, 4.69) is 15.5 Å². The SMILES string of the molecule is Cc1noc2nc(-c3ccco3)cc(C(=O)Nc3cccc([N+](=O)[O-])c3)c12. The molecule has 0 atom stereocenters. The largest absolute Gasteiger partial charge is 0.463 e. The summed E-state index contributed by atoms with van der Waals surface area (Å²) < 4.78 is 10.5. The van der Waals surface area contributed by atoms with Crippen molar-refractivity contribution in [3.05, 3.63) is 70.1 Å². The lowest BCUT2D eigenvalue weighted by Crippen LogP contribution is -2.13. The molecule has 0 unspecified atom stereocenters. The quantitative estimate of drug-likeness (QED) is 0.429. The van der Waals surface area contributed by atoms with Gasteiger partial charge in [-0.1, -0.05) is 11.2 Å². The second kappa shape index (κ2) is 6.37. The van der Waals surface area contributed by atoms with Gasteiger partial charge in [-0.3, -0.25) is 14.9 Å². The van der Waals surface area contributed by atoms with Crippen molar-refractivity contribution in [1.82, 2.24) is 10.1 Å². The smallest absolute Gasteiger partial charge is 0.271 e. The van der Waals surface area contributed by atoms with Crippen molar-refractivity contribution >= 4 is 28.4 Å². The number of aryl methyl sites for hydroxylation is 1. The molecular formula is C18H12N4O5. The van der Waals surface area contributed by atoms with E-state index in [1.54, 1.807) is 31.2 Å². The molecule has 3 aromatic heterocycles. The Morgan fingerprint density at radius 3 is 2.81 bits per heavy atom. The van der Waals surface area contributed by atoms with Crippen molar-refractivity contribution in [2.24, 2.45) is 0 Å². The Kier molecular flexibility index (Phi) is 3.88. The number of non-ortho nitro benzene ring substituents is 1. The van der Waals surface area contributed by atoms with Gasteiger partial charge >= 0.3 is 0 Å². The number of carbonyl (C=O) groups is 1. The number of hydrogen-bond donors (Lipinski definition) is 1. The lowest BCUT2D eigenvalue weighted by molar-refractivity contribution is -0.384. The molecular weight excluding hydrogens is 352 g/mol. The lowest BCUT2D eigenvalue weighted by atomic mass is 10.1. The standard InChI is InChI=1S/C18H12N4O5/c1-10-16-13(17(23)19-11-4-2-5-12(8-11)22(24)25)9-14(15-6-3-7-26-15)20-18(16)27-21-10/h2-9H,1H3,(H,19,23). The number of rotatable bonds is 4. The van der Waals surface area contributed by atoms with Gasteiger partial charge in [-0.15, -0.1) is 0 Å². The molecule has 134 valence electrons. The number of anilines is 1. The Balaban J connectivity index is 1.78. The number of nitro benzene ring substituents is 1. The van der Waals surface area contributed by atoms with Crippen LogP contribution in [0, 0.1) is 17.0 Å². The van der Waals surface area contributed by atoms with Gasteiger partial charge in [0.2, 0.25) is 0 Å². The number of pyridine rings is 1. The third-order valence-electron chi connectivity index (χ3n) is 3.95. The van der Waals surface area contributed by atoms with Gasteiger partial charge in [0.25, 0.3) is 17.3 Å². The predicted molar refractivity (Wildman–Crippen MR) is 95.3 cm³/mol. The molecule has 1 N–H and O–H groups in total. The maximum absolute atomic E-state index is 12.9. The minimum Gasteiger partial charge on any atom is -0.463 e. The van der Waals surface area contributed by atoms with Gasteiger partial charge in [-0.05, 0) is 31.2 Å². The second-order valence-corrected chi connectivity index (χ2v) is 5.74. The van der Waals surface area contributed by atoms with Gasteiger partial charge in [0, 0.05) is 17.8 Å². The highest BCUT2D eigenvalue weighted by molar-refractivity contribution is 6.13. The number of nitrogens with one attached hydrogen (secondary N) is 1. The molecule has 0 aliphatic rings. The first kappa shape index (κ1) is 16.5. The molecule has 3 heterocycles. The monoisotopic (exact) mass is 364 g/mol. The van der Waals surface area contributed by atoms with Crippen LogP contribution in [0.2, 0.25) is 0 Å². The van der Waals surface area contributed by atoms with Gasteiger partial charge in [0.05, 0.1) is 27.8 Å². The summed E-state index contributed by atoms with van der Waals surface area (Å²) in [6.07, 6.45) is 1.50. The third-order valence-corrected chi connectivity index (χ3v) is 3.95. The predicted octanol–water partition coefficient (Wildman–Crippen LogP) is 3.95. The van der Waals surface area contributed by atoms with Crippen LogP contribution in [-0.4, -0.2) is 21.0 Å². The van der Waals surface area contributed by atoms with E-state index in [9.17, 15) is 14.9 Å². The molecule has 0 aliphatic heterocycles. The number of fused-ring (bicyclic) bond motifs is 1. The molecule has 9 nitrogen and oxygen atoms in total. The minimum absolute atomic E-state index is 0.120. The third kappa shape index (κ3) is 3.01. The normalized spacial score (nSPS) is 10.9. The van der Waals surface area contributed by atoms with Crippen molar-refractivity contribution < 1.29 is 18.7 Å². The summed E-state index contributed by atoms with van der Waals surface area (Å²) in [5.74, 6) is -0.00245. The highest BCUT2D eigenvalue weighted by Gasteiger charge is 2.20. The summed E-state index contributed by atoms with van der Waals surface area (Å²) >= 11 is 0. The summed E-state index contributed by atoms with van der Waals surface area (Å²) in [5.41, 5.74) is 1.57. The van der Waals surface area contributed by atoms with Crippen molar-refractivity contribution in [1.29, 1.82) is 0 Å². The number of nitrogens with zero attached hydrogens (tertiary/aromatic N) is 3. The van der Waals surface area contributed by atoms with Gasteiger partial charge < -0.3 is 14.3 Å². The van der Waals surface area contributed by atoms with Crippen LogP contribution < -0.4 is 5.32 Å². The molecule has 1 amide bonds. The summed E-state index contributed by atoms with van der Waals surface area (Å²) in [6.45, 7) is 1.70. The first-order valence-corrected chi connectivity index (χ1v) is 7.89. The fraction of sp³-hybridized carbons (Fsp3) is 0.0556. The van der Waals surface area contributed by atoms with Crippen LogP contribution >= 0.6 is 0 Å². The molecule has 9 heteroatoms. The van der Waals surface area contributed by atoms with E-state index >= 15 is 0 Å². The van der Waals surface area contributed by atoms with Crippen molar-refractivity contribution in [3.63, 3.8) is 0 Å². The van der Waals surface area contributed by atoms with Crippen LogP contribution in [0.1, 0.15) is 16.1 Å². The Morgan fingerprint density at radius 2 is 2.07 bits per heavy atom. The Morgan fingerprint density at radius 1 is 1.22 bits per heavy atom. The number of amides is 1. The maximum atomic E-state index is 12.9. The Labute approximate surface area is 151 Å². The average Bonchev–Trinajstić information content (AvgIpc) is 3.31. The Bertz CT molecular complexity index is 1160. The van der Waals surface area contributed by atoms with Crippen molar-refractivity contribution in [2.45, 2.75) is 6.92 Å². The molecule has 0 saturated carbocycles. The summed E-state index contributed by atoms with van der Waals surface area (Å²) in [6, 6.07) is 10.7. The first-order chi connectivity index (χ1) is 13.0. The van der Waals surface area contributed by atoms with Crippen molar-refractivity contribution in [3.8, 4) is 11.5 Å². The molecule has 27 heavy (non-hydrogen) atoms. The number of nitro groups is 1. The van der Waals surface area contributed by atoms with Gasteiger partial charge in [-0.25, -0.2) is 4.98 Å². The van der Waals surface area contributed by atoms with E-state index in [1.807, 2.05) is 0 Å². The van der Waals surface area contributed by atoms with Crippen molar-refractivity contribution in [2.75, 3.05) is 5.32 Å². The van der Waals surface area contributed by atoms with E-state index in [1.165, 1.54) is 24.5 Å². The molecule has 1 aromatic carbocycles. The van der Waals surface area contributed by atoms with Crippen LogP contribution in [0.4, 0.5) is 11.4 Å². The first-order valence-electron chi connectivity index (χ1n) is 7.89. The molecule has 4 rings (SSSR count). The molecule has 0 bridgehead atoms. The zero-order valence-corrected chi connectivity index (χ0v) is 14.0. The van der Waals surface area contributed by atoms with E-state index in [4.69, 9.17) is 8.94 Å². The van der Waals surface area contributed by atoms with Crippen LogP contribution in [0.15, 0.2) is 57.7 Å². The zero-order chi connectivity index (χ0) is 19.0. The summed E-state index contributed by atoms with van der Waals surface area (Å²) in [7, 11) is 0. The van der Waals surface area contributed by atoms with Gasteiger partial charge in [-0.2, -0.15) is 0 Å². The number of benzene rings is 1.